The number of ether oxygens (including phenoxy) is 5. The maximum atomic E-state index is 11.1. The molecule has 1 amide bonds. The average Bonchev–Trinajstić information content (AvgIpc) is 2.96. The number of nitrogens with zero attached hydrogens (tertiary/aromatic N) is 4. The molecule has 0 atom stereocenters. The zero-order valence-electron chi connectivity index (χ0n) is 13.2. The van der Waals surface area contributed by atoms with Gasteiger partial charge in [0.2, 0.25) is 0 Å². The molecule has 10 nitrogen and oxygen atoms in total. The lowest BCUT2D eigenvalue weighted by Crippen LogP contribution is -2.28. The Labute approximate surface area is 135 Å². The highest BCUT2D eigenvalue weighted by Gasteiger charge is 2.20. The minimum atomic E-state index is -0.274. The minimum Gasteiger partial charge on any atom is -0.448 e. The maximum Gasteiger partial charge on any atom is 0.410 e. The van der Waals surface area contributed by atoms with Crippen LogP contribution >= 0.6 is 0 Å². The van der Waals surface area contributed by atoms with Crippen LogP contribution in [0, 0.1) is 0 Å². The van der Waals surface area contributed by atoms with Crippen molar-refractivity contribution in [3.05, 3.63) is 10.4 Å². The van der Waals surface area contributed by atoms with Crippen LogP contribution in [0.15, 0.2) is 5.11 Å². The fraction of sp³-hybridized carbons (Fsp3) is 0.923. The lowest BCUT2D eigenvalue weighted by molar-refractivity contribution is -0.00212. The number of cyclic esters (lactones) is 1. The van der Waals surface area contributed by atoms with Gasteiger partial charge in [-0.1, -0.05) is 5.11 Å². The summed E-state index contributed by atoms with van der Waals surface area (Å²) in [7, 11) is 0. The molecule has 1 heterocycles. The minimum absolute atomic E-state index is 0.274. The van der Waals surface area contributed by atoms with Crippen LogP contribution in [0.4, 0.5) is 4.79 Å². The van der Waals surface area contributed by atoms with Crippen molar-refractivity contribution in [2.45, 2.75) is 0 Å². The number of hydrogen-bond acceptors (Lipinski definition) is 7. The first-order chi connectivity index (χ1) is 11.3. The number of azide groups is 1. The summed E-state index contributed by atoms with van der Waals surface area (Å²) in [5, 5.41) is 3.34. The van der Waals surface area contributed by atoms with Gasteiger partial charge in [0.25, 0.3) is 0 Å². The number of carbonyl (C=O) groups excluding carboxylic acids is 1. The fourth-order valence-corrected chi connectivity index (χ4v) is 1.72. The number of carbonyl (C=O) groups is 1. The second-order valence-electron chi connectivity index (χ2n) is 4.51. The van der Waals surface area contributed by atoms with Gasteiger partial charge in [0.15, 0.2) is 0 Å². The molecular formula is C13H24N4O6. The molecule has 0 aliphatic carbocycles. The summed E-state index contributed by atoms with van der Waals surface area (Å²) in [6, 6.07) is 0. The number of amides is 1. The van der Waals surface area contributed by atoms with Crippen molar-refractivity contribution < 1.29 is 28.5 Å². The van der Waals surface area contributed by atoms with Crippen molar-refractivity contribution in [3.63, 3.8) is 0 Å². The van der Waals surface area contributed by atoms with E-state index in [1.165, 1.54) is 0 Å². The van der Waals surface area contributed by atoms with E-state index >= 15 is 0 Å². The van der Waals surface area contributed by atoms with Gasteiger partial charge in [-0.05, 0) is 5.53 Å². The summed E-state index contributed by atoms with van der Waals surface area (Å²) in [6.45, 7) is 5.71. The Kier molecular flexibility index (Phi) is 11.9. The standard InChI is InChI=1S/C13H24N4O6/c14-16-15-1-4-19-7-9-21-11-12-22-10-8-20-5-2-17-3-6-23-13(17)18/h1-12H2. The average molecular weight is 332 g/mol. The SMILES string of the molecule is [N-]=[N+]=NCCOCCOCCOCCOCCN1CCOC1=O. The summed E-state index contributed by atoms with van der Waals surface area (Å²) < 4.78 is 26.0. The smallest absolute Gasteiger partial charge is 0.410 e. The largest absolute Gasteiger partial charge is 0.448 e. The molecule has 0 aromatic rings. The molecule has 0 bridgehead atoms. The molecule has 0 saturated carbocycles. The highest BCUT2D eigenvalue weighted by atomic mass is 16.6. The monoisotopic (exact) mass is 332 g/mol. The topological polar surface area (TPSA) is 115 Å². The van der Waals surface area contributed by atoms with Crippen molar-refractivity contribution >= 4 is 6.09 Å². The Bertz CT molecular complexity index is 364. The van der Waals surface area contributed by atoms with E-state index in [2.05, 4.69) is 10.0 Å². The molecule has 1 rings (SSSR count). The molecule has 1 saturated heterocycles. The fourth-order valence-electron chi connectivity index (χ4n) is 1.72. The molecule has 1 aliphatic heterocycles. The molecule has 0 N–H and O–H groups in total. The van der Waals surface area contributed by atoms with Gasteiger partial charge in [-0.15, -0.1) is 0 Å². The molecule has 1 fully saturated rings. The van der Waals surface area contributed by atoms with Gasteiger partial charge in [0, 0.05) is 18.0 Å². The van der Waals surface area contributed by atoms with Crippen LogP contribution < -0.4 is 0 Å². The van der Waals surface area contributed by atoms with Gasteiger partial charge >= 0.3 is 6.09 Å². The van der Waals surface area contributed by atoms with Gasteiger partial charge in [0.05, 0.1) is 59.4 Å². The third-order valence-electron chi connectivity index (χ3n) is 2.87. The van der Waals surface area contributed by atoms with Crippen molar-refractivity contribution in [1.82, 2.24) is 4.90 Å². The van der Waals surface area contributed by atoms with E-state index in [9.17, 15) is 4.79 Å². The van der Waals surface area contributed by atoms with E-state index < -0.39 is 0 Å². The predicted octanol–water partition coefficient (Wildman–Crippen LogP) is 0.815. The normalized spacial score (nSPS) is 13.9. The first-order valence-corrected chi connectivity index (χ1v) is 7.58. The second kappa shape index (κ2) is 14.0. The molecule has 10 heteroatoms. The van der Waals surface area contributed by atoms with Crippen LogP contribution in [0.25, 0.3) is 10.4 Å². The van der Waals surface area contributed by atoms with Gasteiger partial charge < -0.3 is 28.6 Å². The highest BCUT2D eigenvalue weighted by Crippen LogP contribution is 2.01. The van der Waals surface area contributed by atoms with E-state index in [1.807, 2.05) is 0 Å². The summed E-state index contributed by atoms with van der Waals surface area (Å²) in [5.41, 5.74) is 8.05. The number of hydrogen-bond donors (Lipinski definition) is 0. The Morgan fingerprint density at radius 3 is 2.09 bits per heavy atom. The van der Waals surface area contributed by atoms with Crippen LogP contribution in [0.1, 0.15) is 0 Å². The van der Waals surface area contributed by atoms with Crippen molar-refractivity contribution in [2.24, 2.45) is 5.11 Å². The van der Waals surface area contributed by atoms with Gasteiger partial charge in [0.1, 0.15) is 6.61 Å². The number of rotatable bonds is 15. The zero-order valence-corrected chi connectivity index (χ0v) is 13.2. The molecule has 0 radical (unpaired) electrons. The van der Waals surface area contributed by atoms with E-state index in [-0.39, 0.29) is 6.09 Å². The third kappa shape index (κ3) is 10.7. The zero-order chi connectivity index (χ0) is 16.6. The molecule has 0 aromatic heterocycles. The lowest BCUT2D eigenvalue weighted by Gasteiger charge is -2.12. The van der Waals surface area contributed by atoms with Crippen LogP contribution in [0.5, 0.6) is 0 Å². The Morgan fingerprint density at radius 1 is 1.00 bits per heavy atom. The predicted molar refractivity (Wildman–Crippen MR) is 80.2 cm³/mol. The molecule has 23 heavy (non-hydrogen) atoms. The Morgan fingerprint density at radius 2 is 1.57 bits per heavy atom. The Hall–Kier alpha value is -1.58. The van der Waals surface area contributed by atoms with E-state index in [1.54, 1.807) is 4.90 Å². The molecule has 0 spiro atoms. The lowest BCUT2D eigenvalue weighted by atomic mass is 10.5. The van der Waals surface area contributed by atoms with Crippen LogP contribution in [0.3, 0.4) is 0 Å². The summed E-state index contributed by atoms with van der Waals surface area (Å²) in [6.07, 6.45) is -0.274. The molecule has 0 aromatic carbocycles. The van der Waals surface area contributed by atoms with Crippen LogP contribution in [-0.4, -0.2) is 90.1 Å². The van der Waals surface area contributed by atoms with Crippen molar-refractivity contribution in [2.75, 3.05) is 79.1 Å². The van der Waals surface area contributed by atoms with Crippen LogP contribution in [-0.2, 0) is 23.7 Å². The van der Waals surface area contributed by atoms with Gasteiger partial charge in [-0.3, -0.25) is 0 Å². The van der Waals surface area contributed by atoms with Gasteiger partial charge in [-0.25, -0.2) is 4.79 Å². The summed E-state index contributed by atoms with van der Waals surface area (Å²) in [5.74, 6) is 0. The van der Waals surface area contributed by atoms with Crippen molar-refractivity contribution in [1.29, 1.82) is 0 Å². The molecule has 0 unspecified atom stereocenters. The highest BCUT2D eigenvalue weighted by molar-refractivity contribution is 5.69. The second-order valence-corrected chi connectivity index (χ2v) is 4.51. The Balaban J connectivity index is 1.71. The van der Waals surface area contributed by atoms with Crippen LogP contribution in [0.2, 0.25) is 0 Å². The first kappa shape index (κ1) is 19.5. The van der Waals surface area contributed by atoms with E-state index in [0.717, 1.165) is 0 Å². The molecule has 1 aliphatic rings. The summed E-state index contributed by atoms with van der Waals surface area (Å²) in [4.78, 5) is 15.4. The van der Waals surface area contributed by atoms with E-state index in [4.69, 9.17) is 29.2 Å². The molecular weight excluding hydrogens is 308 g/mol. The van der Waals surface area contributed by atoms with Crippen molar-refractivity contribution in [3.8, 4) is 0 Å². The van der Waals surface area contributed by atoms with Gasteiger partial charge in [-0.2, -0.15) is 0 Å². The maximum absolute atomic E-state index is 11.1. The first-order valence-electron chi connectivity index (χ1n) is 7.58. The van der Waals surface area contributed by atoms with E-state index in [0.29, 0.717) is 79.1 Å². The molecule has 132 valence electrons. The third-order valence-corrected chi connectivity index (χ3v) is 2.87. The summed E-state index contributed by atoms with van der Waals surface area (Å²) >= 11 is 0. The quantitative estimate of drug-likeness (QED) is 0.190.